The molecule has 0 fully saturated rings. The van der Waals surface area contributed by atoms with Crippen molar-refractivity contribution in [2.24, 2.45) is 5.73 Å². The van der Waals surface area contributed by atoms with E-state index in [0.717, 1.165) is 27.1 Å². The molecule has 0 aliphatic heterocycles. The molecule has 0 radical (unpaired) electrons. The summed E-state index contributed by atoms with van der Waals surface area (Å²) in [5.74, 6) is 1.51. The van der Waals surface area contributed by atoms with E-state index in [1.807, 2.05) is 43.3 Å². The molecule has 0 saturated heterocycles. The Kier molecular flexibility index (Phi) is 4.27. The summed E-state index contributed by atoms with van der Waals surface area (Å²) in [5, 5.41) is 0.660. The molecule has 18 heavy (non-hydrogen) atoms. The standard InChI is InChI=1S/C14H13BrClNO/c1-9-2-4-11(16)6-14(9)18-12-5-3-10(8-17)13(15)7-12/h2-7H,8,17H2,1H3. The number of hydrogen-bond acceptors (Lipinski definition) is 2. The van der Waals surface area contributed by atoms with Crippen LogP contribution in [0.1, 0.15) is 11.1 Å². The van der Waals surface area contributed by atoms with Crippen LogP contribution in [0, 0.1) is 6.92 Å². The average molecular weight is 327 g/mol. The minimum atomic E-state index is 0.497. The number of halogens is 2. The lowest BCUT2D eigenvalue weighted by atomic mass is 10.2. The van der Waals surface area contributed by atoms with Gasteiger partial charge in [0.05, 0.1) is 0 Å². The molecule has 2 aromatic rings. The molecule has 0 aromatic heterocycles. The lowest BCUT2D eigenvalue weighted by Crippen LogP contribution is -1.97. The van der Waals surface area contributed by atoms with Gasteiger partial charge < -0.3 is 10.5 Å². The van der Waals surface area contributed by atoms with Crippen molar-refractivity contribution in [3.05, 3.63) is 57.0 Å². The van der Waals surface area contributed by atoms with Crippen molar-refractivity contribution in [2.75, 3.05) is 0 Å². The van der Waals surface area contributed by atoms with Gasteiger partial charge in [-0.05, 0) is 42.3 Å². The molecule has 2 nitrogen and oxygen atoms in total. The predicted octanol–water partition coefficient (Wildman–Crippen LogP) is 4.66. The Labute approximate surface area is 120 Å². The molecule has 0 spiro atoms. The molecule has 0 aliphatic rings. The number of benzene rings is 2. The first-order valence-corrected chi connectivity index (χ1v) is 6.70. The molecule has 2 aromatic carbocycles. The summed E-state index contributed by atoms with van der Waals surface area (Å²) in [7, 11) is 0. The van der Waals surface area contributed by atoms with Gasteiger partial charge in [-0.15, -0.1) is 0 Å². The van der Waals surface area contributed by atoms with Crippen LogP contribution in [0.25, 0.3) is 0 Å². The SMILES string of the molecule is Cc1ccc(Cl)cc1Oc1ccc(CN)c(Br)c1. The maximum Gasteiger partial charge on any atom is 0.131 e. The molecular weight excluding hydrogens is 314 g/mol. The maximum absolute atomic E-state index is 5.96. The van der Waals surface area contributed by atoms with E-state index in [1.54, 1.807) is 0 Å². The topological polar surface area (TPSA) is 35.2 Å². The van der Waals surface area contributed by atoms with Gasteiger partial charge in [0.1, 0.15) is 11.5 Å². The zero-order valence-corrected chi connectivity index (χ0v) is 12.3. The van der Waals surface area contributed by atoms with Gasteiger partial charge in [0.15, 0.2) is 0 Å². The van der Waals surface area contributed by atoms with Crippen LogP contribution in [0.5, 0.6) is 11.5 Å². The van der Waals surface area contributed by atoms with Gasteiger partial charge in [0.25, 0.3) is 0 Å². The summed E-state index contributed by atoms with van der Waals surface area (Å²) in [5.41, 5.74) is 7.70. The Morgan fingerprint density at radius 3 is 2.67 bits per heavy atom. The second-order valence-electron chi connectivity index (χ2n) is 3.97. The van der Waals surface area contributed by atoms with Crippen LogP contribution in [0.2, 0.25) is 5.02 Å². The highest BCUT2D eigenvalue weighted by Gasteiger charge is 2.05. The molecular formula is C14H13BrClNO. The van der Waals surface area contributed by atoms with Crippen molar-refractivity contribution >= 4 is 27.5 Å². The smallest absolute Gasteiger partial charge is 0.131 e. The fourth-order valence-corrected chi connectivity index (χ4v) is 2.25. The van der Waals surface area contributed by atoms with Gasteiger partial charge in [0, 0.05) is 16.0 Å². The van der Waals surface area contributed by atoms with E-state index in [0.29, 0.717) is 11.6 Å². The molecule has 2 N–H and O–H groups in total. The monoisotopic (exact) mass is 325 g/mol. The molecule has 0 saturated carbocycles. The first-order chi connectivity index (χ1) is 8.60. The normalized spacial score (nSPS) is 10.4. The Morgan fingerprint density at radius 2 is 2.00 bits per heavy atom. The number of ether oxygens (including phenoxy) is 1. The predicted molar refractivity (Wildman–Crippen MR) is 78.3 cm³/mol. The third-order valence-corrected chi connectivity index (χ3v) is 3.60. The summed E-state index contributed by atoms with van der Waals surface area (Å²) in [4.78, 5) is 0. The van der Waals surface area contributed by atoms with Gasteiger partial charge in [-0.2, -0.15) is 0 Å². The molecule has 2 rings (SSSR count). The highest BCUT2D eigenvalue weighted by Crippen LogP contribution is 2.30. The second kappa shape index (κ2) is 5.74. The van der Waals surface area contributed by atoms with Gasteiger partial charge in [0.2, 0.25) is 0 Å². The average Bonchev–Trinajstić information content (AvgIpc) is 2.34. The summed E-state index contributed by atoms with van der Waals surface area (Å²) in [6.07, 6.45) is 0. The van der Waals surface area contributed by atoms with Crippen LogP contribution < -0.4 is 10.5 Å². The van der Waals surface area contributed by atoms with E-state index in [2.05, 4.69) is 15.9 Å². The number of aryl methyl sites for hydroxylation is 1. The largest absolute Gasteiger partial charge is 0.457 e. The second-order valence-corrected chi connectivity index (χ2v) is 5.26. The number of nitrogens with two attached hydrogens (primary N) is 1. The first kappa shape index (κ1) is 13.4. The lowest BCUT2D eigenvalue weighted by molar-refractivity contribution is 0.478. The van der Waals surface area contributed by atoms with Crippen LogP contribution in [0.3, 0.4) is 0 Å². The van der Waals surface area contributed by atoms with E-state index >= 15 is 0 Å². The fraction of sp³-hybridized carbons (Fsp3) is 0.143. The van der Waals surface area contributed by atoms with Crippen molar-refractivity contribution in [3.8, 4) is 11.5 Å². The lowest BCUT2D eigenvalue weighted by Gasteiger charge is -2.10. The Hall–Kier alpha value is -1.03. The van der Waals surface area contributed by atoms with Crippen molar-refractivity contribution in [3.63, 3.8) is 0 Å². The van der Waals surface area contributed by atoms with Crippen molar-refractivity contribution < 1.29 is 4.74 Å². The third kappa shape index (κ3) is 3.05. The molecule has 0 amide bonds. The van der Waals surface area contributed by atoms with Crippen LogP contribution in [0.4, 0.5) is 0 Å². The van der Waals surface area contributed by atoms with Crippen LogP contribution in [-0.2, 0) is 6.54 Å². The highest BCUT2D eigenvalue weighted by atomic mass is 79.9. The molecule has 0 unspecified atom stereocenters. The summed E-state index contributed by atoms with van der Waals surface area (Å²) in [6.45, 7) is 2.48. The maximum atomic E-state index is 5.96. The summed E-state index contributed by atoms with van der Waals surface area (Å²) in [6, 6.07) is 11.3. The van der Waals surface area contributed by atoms with E-state index in [9.17, 15) is 0 Å². The molecule has 0 heterocycles. The molecule has 4 heteroatoms. The molecule has 0 atom stereocenters. The van der Waals surface area contributed by atoms with Crippen molar-refractivity contribution in [1.82, 2.24) is 0 Å². The van der Waals surface area contributed by atoms with Gasteiger partial charge in [-0.25, -0.2) is 0 Å². The Morgan fingerprint density at radius 1 is 1.22 bits per heavy atom. The minimum absolute atomic E-state index is 0.497. The Bertz CT molecular complexity index is 572. The molecule has 0 aliphatic carbocycles. The first-order valence-electron chi connectivity index (χ1n) is 5.52. The zero-order chi connectivity index (χ0) is 13.1. The highest BCUT2D eigenvalue weighted by molar-refractivity contribution is 9.10. The fourth-order valence-electron chi connectivity index (χ4n) is 1.57. The van der Waals surface area contributed by atoms with Gasteiger partial charge in [-0.1, -0.05) is 39.7 Å². The van der Waals surface area contributed by atoms with E-state index in [1.165, 1.54) is 0 Å². The summed E-state index contributed by atoms with van der Waals surface area (Å²) < 4.78 is 6.76. The number of rotatable bonds is 3. The quantitative estimate of drug-likeness (QED) is 0.890. The number of hydrogen-bond donors (Lipinski definition) is 1. The molecule has 0 bridgehead atoms. The van der Waals surface area contributed by atoms with Crippen molar-refractivity contribution in [1.29, 1.82) is 0 Å². The van der Waals surface area contributed by atoms with E-state index in [-0.39, 0.29) is 0 Å². The van der Waals surface area contributed by atoms with Crippen LogP contribution in [0.15, 0.2) is 40.9 Å². The van der Waals surface area contributed by atoms with Crippen LogP contribution >= 0.6 is 27.5 Å². The van der Waals surface area contributed by atoms with Crippen molar-refractivity contribution in [2.45, 2.75) is 13.5 Å². The van der Waals surface area contributed by atoms with E-state index in [4.69, 9.17) is 22.1 Å². The zero-order valence-electron chi connectivity index (χ0n) is 9.91. The summed E-state index contributed by atoms with van der Waals surface area (Å²) >= 11 is 9.42. The van der Waals surface area contributed by atoms with Gasteiger partial charge in [-0.3, -0.25) is 0 Å². The van der Waals surface area contributed by atoms with Crippen LogP contribution in [-0.4, -0.2) is 0 Å². The Balaban J connectivity index is 2.28. The van der Waals surface area contributed by atoms with Gasteiger partial charge >= 0.3 is 0 Å². The minimum Gasteiger partial charge on any atom is -0.457 e. The third-order valence-electron chi connectivity index (χ3n) is 2.62. The molecule has 94 valence electrons. The van der Waals surface area contributed by atoms with E-state index < -0.39 is 0 Å².